The lowest BCUT2D eigenvalue weighted by Crippen LogP contribution is -2.55. The van der Waals surface area contributed by atoms with E-state index in [0.29, 0.717) is 19.0 Å². The van der Waals surface area contributed by atoms with Crippen LogP contribution in [0, 0.1) is 5.92 Å². The third kappa shape index (κ3) is 4.48. The molecule has 134 valence electrons. The third-order valence-electron chi connectivity index (χ3n) is 4.82. The molecule has 0 aromatic heterocycles. The topological polar surface area (TPSA) is 61.4 Å². The predicted octanol–water partition coefficient (Wildman–Crippen LogP) is 1.98. The molecule has 2 atom stereocenters. The molecule has 0 radical (unpaired) electrons. The summed E-state index contributed by atoms with van der Waals surface area (Å²) in [5.41, 5.74) is 2.43. The van der Waals surface area contributed by atoms with Gasteiger partial charge in [0.1, 0.15) is 0 Å². The number of hydrogen-bond acceptors (Lipinski definition) is 3. The normalized spacial score (nSPS) is 20.4. The van der Waals surface area contributed by atoms with Crippen molar-refractivity contribution in [1.82, 2.24) is 15.5 Å². The van der Waals surface area contributed by atoms with E-state index in [4.69, 9.17) is 0 Å². The molecule has 1 saturated heterocycles. The predicted molar refractivity (Wildman–Crippen MR) is 97.6 cm³/mol. The van der Waals surface area contributed by atoms with Crippen LogP contribution < -0.4 is 10.6 Å². The lowest BCUT2D eigenvalue weighted by atomic mass is 10.0. The fraction of sp³-hybridized carbons (Fsp3) is 0.500. The molecule has 2 amide bonds. The highest BCUT2D eigenvalue weighted by atomic mass is 16.2. The highest BCUT2D eigenvalue weighted by Gasteiger charge is 2.26. The van der Waals surface area contributed by atoms with Crippen LogP contribution in [0.5, 0.6) is 0 Å². The van der Waals surface area contributed by atoms with Crippen LogP contribution in [0.2, 0.25) is 0 Å². The van der Waals surface area contributed by atoms with Crippen molar-refractivity contribution in [2.75, 3.05) is 6.54 Å². The van der Waals surface area contributed by atoms with Crippen LogP contribution in [0.1, 0.15) is 37.8 Å². The smallest absolute Gasteiger partial charge is 0.246 e. The minimum absolute atomic E-state index is 0.000902. The second-order valence-electron chi connectivity index (χ2n) is 7.36. The van der Waals surface area contributed by atoms with Gasteiger partial charge in [-0.15, -0.1) is 0 Å². The van der Waals surface area contributed by atoms with Crippen LogP contribution in [0.15, 0.2) is 36.4 Å². The van der Waals surface area contributed by atoms with Crippen LogP contribution in [-0.2, 0) is 22.7 Å². The zero-order valence-corrected chi connectivity index (χ0v) is 15.0. The molecule has 3 rings (SSSR count). The summed E-state index contributed by atoms with van der Waals surface area (Å²) in [6.07, 6.45) is 5.17. The zero-order valence-electron chi connectivity index (χ0n) is 15.0. The first-order valence-corrected chi connectivity index (χ1v) is 9.10. The van der Waals surface area contributed by atoms with Crippen molar-refractivity contribution in [3.8, 4) is 0 Å². The van der Waals surface area contributed by atoms with E-state index in [2.05, 4.69) is 36.6 Å². The number of hydrogen-bond donors (Lipinski definition) is 2. The Morgan fingerprint density at radius 2 is 1.92 bits per heavy atom. The van der Waals surface area contributed by atoms with E-state index in [1.165, 1.54) is 11.1 Å². The van der Waals surface area contributed by atoms with E-state index < -0.39 is 0 Å². The van der Waals surface area contributed by atoms with Crippen molar-refractivity contribution in [2.24, 2.45) is 5.92 Å². The summed E-state index contributed by atoms with van der Waals surface area (Å²) in [5, 5.41) is 6.17. The molecule has 1 fully saturated rings. The van der Waals surface area contributed by atoms with Crippen LogP contribution in [0.4, 0.5) is 0 Å². The van der Waals surface area contributed by atoms with E-state index in [1.807, 2.05) is 23.1 Å². The lowest BCUT2D eigenvalue weighted by molar-refractivity contribution is -0.127. The van der Waals surface area contributed by atoms with Crippen LogP contribution in [0.3, 0.4) is 0 Å². The Labute approximate surface area is 149 Å². The average molecular weight is 341 g/mol. The molecule has 5 nitrogen and oxygen atoms in total. The minimum Gasteiger partial charge on any atom is -0.349 e. The van der Waals surface area contributed by atoms with Crippen molar-refractivity contribution >= 4 is 11.8 Å². The summed E-state index contributed by atoms with van der Waals surface area (Å²) in [5.74, 6) is 0.471. The van der Waals surface area contributed by atoms with Crippen molar-refractivity contribution in [3.05, 3.63) is 47.5 Å². The maximum absolute atomic E-state index is 12.5. The fourth-order valence-electron chi connectivity index (χ4n) is 3.28. The van der Waals surface area contributed by atoms with Gasteiger partial charge in [-0.25, -0.2) is 0 Å². The van der Waals surface area contributed by atoms with Gasteiger partial charge in [0.2, 0.25) is 11.8 Å². The van der Waals surface area contributed by atoms with Gasteiger partial charge >= 0.3 is 0 Å². The number of benzene rings is 1. The summed E-state index contributed by atoms with van der Waals surface area (Å²) in [7, 11) is 0. The minimum atomic E-state index is -0.108. The van der Waals surface area contributed by atoms with E-state index in [0.717, 1.165) is 19.4 Å². The Morgan fingerprint density at radius 1 is 1.28 bits per heavy atom. The summed E-state index contributed by atoms with van der Waals surface area (Å²) in [6.45, 7) is 6.46. The standard InChI is InChI=1S/C20H27N3O2/c1-14(2)11-17(22-20(25)18-9-10-21-18)7-8-19(24)23-12-15-5-3-4-6-16(15)13-23/h3-8,14,17-18,21H,9-13H2,1-2H3,(H,22,25)/b8-7+/t17-,18+/m1/s1. The lowest BCUT2D eigenvalue weighted by Gasteiger charge is -2.28. The second-order valence-corrected chi connectivity index (χ2v) is 7.36. The van der Waals surface area contributed by atoms with Gasteiger partial charge in [0.15, 0.2) is 0 Å². The fourth-order valence-corrected chi connectivity index (χ4v) is 3.28. The van der Waals surface area contributed by atoms with E-state index in [-0.39, 0.29) is 23.9 Å². The molecule has 5 heteroatoms. The first-order chi connectivity index (χ1) is 12.0. The number of carbonyl (C=O) groups excluding carboxylic acids is 2. The molecular weight excluding hydrogens is 314 g/mol. The van der Waals surface area contributed by atoms with Gasteiger partial charge in [-0.1, -0.05) is 44.2 Å². The Hall–Kier alpha value is -2.14. The van der Waals surface area contributed by atoms with Crippen molar-refractivity contribution in [1.29, 1.82) is 0 Å². The molecule has 0 bridgehead atoms. The summed E-state index contributed by atoms with van der Waals surface area (Å²) in [4.78, 5) is 26.5. The van der Waals surface area contributed by atoms with Gasteiger partial charge in [0, 0.05) is 25.2 Å². The zero-order chi connectivity index (χ0) is 17.8. The third-order valence-corrected chi connectivity index (χ3v) is 4.82. The number of rotatable bonds is 6. The molecule has 0 unspecified atom stereocenters. The molecule has 1 aromatic carbocycles. The largest absolute Gasteiger partial charge is 0.349 e. The van der Waals surface area contributed by atoms with E-state index in [1.54, 1.807) is 6.08 Å². The van der Waals surface area contributed by atoms with Gasteiger partial charge in [-0.05, 0) is 36.4 Å². The molecule has 1 aromatic rings. The first-order valence-electron chi connectivity index (χ1n) is 9.10. The second kappa shape index (κ2) is 7.83. The van der Waals surface area contributed by atoms with Gasteiger partial charge in [-0.3, -0.25) is 9.59 Å². The van der Waals surface area contributed by atoms with Gasteiger partial charge in [0.05, 0.1) is 6.04 Å². The Bertz CT molecular complexity index is 640. The molecule has 2 aliphatic heterocycles. The summed E-state index contributed by atoms with van der Waals surface area (Å²) < 4.78 is 0. The van der Waals surface area contributed by atoms with Crippen molar-refractivity contribution < 1.29 is 9.59 Å². The number of nitrogens with zero attached hydrogens (tertiary/aromatic N) is 1. The summed E-state index contributed by atoms with van der Waals surface area (Å²) in [6, 6.07) is 7.96. The molecule has 2 N–H and O–H groups in total. The molecule has 0 aliphatic carbocycles. The SMILES string of the molecule is CC(C)C[C@@H](/C=C/C(=O)N1Cc2ccccc2C1)NC(=O)[C@@H]1CCN1. The maximum atomic E-state index is 12.5. The average Bonchev–Trinajstić information content (AvgIpc) is 2.94. The number of carbonyl (C=O) groups is 2. The molecule has 25 heavy (non-hydrogen) atoms. The Morgan fingerprint density at radius 3 is 2.44 bits per heavy atom. The molecule has 2 aliphatic rings. The highest BCUT2D eigenvalue weighted by molar-refractivity contribution is 5.88. The molecular formula is C20H27N3O2. The van der Waals surface area contributed by atoms with Gasteiger partial charge in [0.25, 0.3) is 0 Å². The molecule has 0 spiro atoms. The van der Waals surface area contributed by atoms with Gasteiger partial charge in [-0.2, -0.15) is 0 Å². The van der Waals surface area contributed by atoms with Crippen LogP contribution >= 0.6 is 0 Å². The Balaban J connectivity index is 1.58. The first kappa shape index (κ1) is 17.7. The number of fused-ring (bicyclic) bond motifs is 1. The van der Waals surface area contributed by atoms with Crippen molar-refractivity contribution in [2.45, 2.75) is 51.9 Å². The van der Waals surface area contributed by atoms with E-state index in [9.17, 15) is 9.59 Å². The van der Waals surface area contributed by atoms with Crippen molar-refractivity contribution in [3.63, 3.8) is 0 Å². The van der Waals surface area contributed by atoms with E-state index >= 15 is 0 Å². The van der Waals surface area contributed by atoms with Gasteiger partial charge < -0.3 is 15.5 Å². The number of amides is 2. The summed E-state index contributed by atoms with van der Waals surface area (Å²) >= 11 is 0. The molecule has 0 saturated carbocycles. The number of nitrogens with one attached hydrogen (secondary N) is 2. The van der Waals surface area contributed by atoms with Crippen LogP contribution in [0.25, 0.3) is 0 Å². The highest BCUT2D eigenvalue weighted by Crippen LogP contribution is 2.22. The quantitative estimate of drug-likeness (QED) is 0.778. The molecule has 2 heterocycles. The monoisotopic (exact) mass is 341 g/mol. The maximum Gasteiger partial charge on any atom is 0.246 e. The Kier molecular flexibility index (Phi) is 5.53. The van der Waals surface area contributed by atoms with Crippen LogP contribution in [-0.4, -0.2) is 35.3 Å².